The van der Waals surface area contributed by atoms with E-state index in [4.69, 9.17) is 11.7 Å². The van der Waals surface area contributed by atoms with Crippen molar-refractivity contribution in [3.63, 3.8) is 0 Å². The number of anilines is 1. The molecule has 14 heavy (non-hydrogen) atoms. The average molecular weight is 185 g/mol. The van der Waals surface area contributed by atoms with Crippen LogP contribution in [0.15, 0.2) is 18.3 Å². The second-order valence-electron chi connectivity index (χ2n) is 2.70. The van der Waals surface area contributed by atoms with Gasteiger partial charge >= 0.3 is 0 Å². The van der Waals surface area contributed by atoms with Crippen molar-refractivity contribution in [1.82, 2.24) is 4.98 Å². The van der Waals surface area contributed by atoms with Crippen LogP contribution in [0, 0.1) is 23.7 Å². The molecule has 1 aromatic heterocycles. The molecule has 70 valence electrons. The largest absolute Gasteiger partial charge is 0.345 e. The SMILES string of the molecule is C#CCN(CC)c1ncccc1C#N. The number of nitriles is 1. The lowest BCUT2D eigenvalue weighted by atomic mass is 10.2. The second kappa shape index (κ2) is 4.89. The molecule has 0 fully saturated rings. The fourth-order valence-corrected chi connectivity index (χ4v) is 1.18. The highest BCUT2D eigenvalue weighted by molar-refractivity contribution is 5.53. The first-order valence-electron chi connectivity index (χ1n) is 4.37. The Bertz CT molecular complexity index is 384. The molecule has 1 aromatic rings. The van der Waals surface area contributed by atoms with E-state index >= 15 is 0 Å². The lowest BCUT2D eigenvalue weighted by Gasteiger charge is -2.19. The molecule has 3 heteroatoms. The molecule has 0 unspecified atom stereocenters. The van der Waals surface area contributed by atoms with Crippen molar-refractivity contribution in [3.8, 4) is 18.4 Å². The summed E-state index contributed by atoms with van der Waals surface area (Å²) >= 11 is 0. The van der Waals surface area contributed by atoms with Crippen LogP contribution in [-0.2, 0) is 0 Å². The first kappa shape index (κ1) is 10.1. The topological polar surface area (TPSA) is 39.9 Å². The zero-order valence-electron chi connectivity index (χ0n) is 8.07. The minimum absolute atomic E-state index is 0.474. The molecule has 0 saturated heterocycles. The first-order valence-corrected chi connectivity index (χ1v) is 4.37. The van der Waals surface area contributed by atoms with Crippen LogP contribution >= 0.6 is 0 Å². The number of aromatic nitrogens is 1. The standard InChI is InChI=1S/C11H11N3/c1-3-8-14(4-2)11-10(9-12)6-5-7-13-11/h1,5-7H,4,8H2,2H3. The van der Waals surface area contributed by atoms with Crippen LogP contribution in [0.5, 0.6) is 0 Å². The third kappa shape index (κ3) is 2.02. The molecule has 0 saturated carbocycles. The van der Waals surface area contributed by atoms with Gasteiger partial charge in [-0.25, -0.2) is 4.98 Å². The summed E-state index contributed by atoms with van der Waals surface area (Å²) in [5, 5.41) is 8.86. The highest BCUT2D eigenvalue weighted by Crippen LogP contribution is 2.14. The van der Waals surface area contributed by atoms with Crippen molar-refractivity contribution >= 4 is 5.82 Å². The molecule has 0 aliphatic heterocycles. The van der Waals surface area contributed by atoms with E-state index in [0.717, 1.165) is 6.54 Å². The Hall–Kier alpha value is -2.00. The highest BCUT2D eigenvalue weighted by atomic mass is 15.2. The molecular weight excluding hydrogens is 174 g/mol. The summed E-state index contributed by atoms with van der Waals surface area (Å²) in [6, 6.07) is 5.58. The van der Waals surface area contributed by atoms with Crippen LogP contribution in [-0.4, -0.2) is 18.1 Å². The third-order valence-electron chi connectivity index (χ3n) is 1.87. The van der Waals surface area contributed by atoms with Gasteiger partial charge in [0.25, 0.3) is 0 Å². The van der Waals surface area contributed by atoms with Gasteiger partial charge in [0.1, 0.15) is 11.9 Å². The second-order valence-corrected chi connectivity index (χ2v) is 2.70. The van der Waals surface area contributed by atoms with Crippen molar-refractivity contribution in [2.75, 3.05) is 18.0 Å². The van der Waals surface area contributed by atoms with Crippen LogP contribution in [0.3, 0.4) is 0 Å². The quantitative estimate of drug-likeness (QED) is 0.668. The van der Waals surface area contributed by atoms with E-state index in [1.54, 1.807) is 18.3 Å². The molecule has 1 rings (SSSR count). The molecule has 0 amide bonds. The van der Waals surface area contributed by atoms with E-state index in [1.165, 1.54) is 0 Å². The van der Waals surface area contributed by atoms with Gasteiger partial charge in [-0.2, -0.15) is 5.26 Å². The van der Waals surface area contributed by atoms with Crippen molar-refractivity contribution in [2.45, 2.75) is 6.92 Å². The zero-order chi connectivity index (χ0) is 10.4. The van der Waals surface area contributed by atoms with Crippen molar-refractivity contribution in [3.05, 3.63) is 23.9 Å². The number of hydrogen-bond acceptors (Lipinski definition) is 3. The lowest BCUT2D eigenvalue weighted by Crippen LogP contribution is -2.24. The maximum absolute atomic E-state index is 8.86. The Morgan fingerprint density at radius 3 is 3.00 bits per heavy atom. The van der Waals surface area contributed by atoms with Crippen molar-refractivity contribution < 1.29 is 0 Å². The molecule has 3 nitrogen and oxygen atoms in total. The van der Waals surface area contributed by atoms with Crippen LogP contribution in [0.4, 0.5) is 5.82 Å². The van der Waals surface area contributed by atoms with Crippen LogP contribution < -0.4 is 4.90 Å². The van der Waals surface area contributed by atoms with E-state index < -0.39 is 0 Å². The van der Waals surface area contributed by atoms with E-state index in [2.05, 4.69) is 17.0 Å². The number of terminal acetylenes is 1. The summed E-state index contributed by atoms with van der Waals surface area (Å²) in [7, 11) is 0. The maximum atomic E-state index is 8.86. The van der Waals surface area contributed by atoms with Gasteiger partial charge in [0, 0.05) is 12.7 Å². The fourth-order valence-electron chi connectivity index (χ4n) is 1.18. The molecule has 0 atom stereocenters. The van der Waals surface area contributed by atoms with Gasteiger partial charge in [-0.15, -0.1) is 6.42 Å². The monoisotopic (exact) mass is 185 g/mol. The van der Waals surface area contributed by atoms with E-state index in [-0.39, 0.29) is 0 Å². The number of hydrogen-bond donors (Lipinski definition) is 0. The van der Waals surface area contributed by atoms with Gasteiger partial charge in [0.05, 0.1) is 12.1 Å². The summed E-state index contributed by atoms with van der Waals surface area (Å²) in [5.74, 6) is 3.21. The van der Waals surface area contributed by atoms with Crippen LogP contribution in [0.25, 0.3) is 0 Å². The van der Waals surface area contributed by atoms with Gasteiger partial charge in [-0.3, -0.25) is 0 Å². The molecule has 0 aromatic carbocycles. The normalized spacial score (nSPS) is 8.79. The van der Waals surface area contributed by atoms with E-state index in [0.29, 0.717) is 17.9 Å². The molecule has 0 radical (unpaired) electrons. The maximum Gasteiger partial charge on any atom is 0.147 e. The van der Waals surface area contributed by atoms with Gasteiger partial charge < -0.3 is 4.90 Å². The molecule has 0 spiro atoms. The Balaban J connectivity index is 3.05. The predicted octanol–water partition coefficient (Wildman–Crippen LogP) is 1.41. The molecule has 0 bridgehead atoms. The number of nitrogens with zero attached hydrogens (tertiary/aromatic N) is 3. The Morgan fingerprint density at radius 2 is 2.43 bits per heavy atom. The van der Waals surface area contributed by atoms with Gasteiger partial charge in [-0.05, 0) is 19.1 Å². The highest BCUT2D eigenvalue weighted by Gasteiger charge is 2.08. The lowest BCUT2D eigenvalue weighted by molar-refractivity contribution is 0.890. The Labute approximate surface area is 84.0 Å². The summed E-state index contributed by atoms with van der Waals surface area (Å²) in [6.07, 6.45) is 6.89. The summed E-state index contributed by atoms with van der Waals surface area (Å²) in [6.45, 7) is 3.20. The zero-order valence-corrected chi connectivity index (χ0v) is 8.07. The molecule has 0 aliphatic carbocycles. The molecule has 1 heterocycles. The molecule has 0 aliphatic rings. The van der Waals surface area contributed by atoms with Crippen LogP contribution in [0.1, 0.15) is 12.5 Å². The molecule has 0 N–H and O–H groups in total. The molecular formula is C11H11N3. The van der Waals surface area contributed by atoms with E-state index in [9.17, 15) is 0 Å². The van der Waals surface area contributed by atoms with Gasteiger partial charge in [-0.1, -0.05) is 5.92 Å². The Morgan fingerprint density at radius 1 is 1.64 bits per heavy atom. The summed E-state index contributed by atoms with van der Waals surface area (Å²) in [5.41, 5.74) is 0.560. The van der Waals surface area contributed by atoms with Crippen molar-refractivity contribution in [2.24, 2.45) is 0 Å². The van der Waals surface area contributed by atoms with E-state index in [1.807, 2.05) is 11.8 Å². The Kier molecular flexibility index (Phi) is 3.52. The summed E-state index contributed by atoms with van der Waals surface area (Å²) < 4.78 is 0. The smallest absolute Gasteiger partial charge is 0.147 e. The van der Waals surface area contributed by atoms with Gasteiger partial charge in [0.2, 0.25) is 0 Å². The fraction of sp³-hybridized carbons (Fsp3) is 0.273. The average Bonchev–Trinajstić information content (AvgIpc) is 2.26. The minimum atomic E-state index is 0.474. The summed E-state index contributed by atoms with van der Waals surface area (Å²) in [4.78, 5) is 6.03. The number of pyridine rings is 1. The minimum Gasteiger partial charge on any atom is -0.345 e. The van der Waals surface area contributed by atoms with Crippen LogP contribution in [0.2, 0.25) is 0 Å². The third-order valence-corrected chi connectivity index (χ3v) is 1.87. The first-order chi connectivity index (χ1) is 6.83. The van der Waals surface area contributed by atoms with Crippen molar-refractivity contribution in [1.29, 1.82) is 5.26 Å². The number of rotatable bonds is 3. The predicted molar refractivity (Wildman–Crippen MR) is 55.7 cm³/mol. The van der Waals surface area contributed by atoms with Gasteiger partial charge in [0.15, 0.2) is 0 Å².